The van der Waals surface area contributed by atoms with Crippen LogP contribution < -0.4 is 10.6 Å². The van der Waals surface area contributed by atoms with Gasteiger partial charge in [-0.25, -0.2) is 9.97 Å². The first kappa shape index (κ1) is 13.1. The molecule has 0 spiro atoms. The zero-order chi connectivity index (χ0) is 12.0. The molecule has 2 N–H and O–H groups in total. The summed E-state index contributed by atoms with van der Waals surface area (Å²) in [4.78, 5) is 8.80. The SMILES string of the molecule is CCNc1nc(C)nc(NCCSC)c1C. The number of thioether (sulfide) groups is 1. The fraction of sp³-hybridized carbons (Fsp3) is 0.636. The van der Waals surface area contributed by atoms with Gasteiger partial charge in [0.1, 0.15) is 17.5 Å². The molecule has 0 amide bonds. The van der Waals surface area contributed by atoms with Crippen molar-refractivity contribution in [3.63, 3.8) is 0 Å². The molecule has 0 fully saturated rings. The molecule has 0 saturated heterocycles. The Morgan fingerprint density at radius 2 is 1.75 bits per heavy atom. The van der Waals surface area contributed by atoms with Crippen LogP contribution in [0.15, 0.2) is 0 Å². The van der Waals surface area contributed by atoms with Crippen LogP contribution in [0.5, 0.6) is 0 Å². The van der Waals surface area contributed by atoms with E-state index in [1.54, 1.807) is 0 Å². The van der Waals surface area contributed by atoms with E-state index in [1.807, 2.05) is 25.6 Å². The number of hydrogen-bond acceptors (Lipinski definition) is 5. The second-order valence-corrected chi connectivity index (χ2v) is 4.53. The van der Waals surface area contributed by atoms with Gasteiger partial charge in [-0.3, -0.25) is 0 Å². The number of anilines is 2. The summed E-state index contributed by atoms with van der Waals surface area (Å²) in [5.74, 6) is 3.76. The van der Waals surface area contributed by atoms with Crippen molar-refractivity contribution in [2.45, 2.75) is 20.8 Å². The molecule has 0 aromatic carbocycles. The van der Waals surface area contributed by atoms with Gasteiger partial charge in [0.2, 0.25) is 0 Å². The second-order valence-electron chi connectivity index (χ2n) is 3.54. The molecule has 4 nitrogen and oxygen atoms in total. The Morgan fingerprint density at radius 3 is 2.31 bits per heavy atom. The van der Waals surface area contributed by atoms with Crippen LogP contribution in [0.4, 0.5) is 11.6 Å². The normalized spacial score (nSPS) is 10.2. The lowest BCUT2D eigenvalue weighted by Gasteiger charge is -2.13. The fourth-order valence-corrected chi connectivity index (χ4v) is 1.72. The van der Waals surface area contributed by atoms with Crippen molar-refractivity contribution in [3.8, 4) is 0 Å². The van der Waals surface area contributed by atoms with Crippen molar-refractivity contribution in [1.82, 2.24) is 9.97 Å². The summed E-state index contributed by atoms with van der Waals surface area (Å²) >= 11 is 1.82. The maximum atomic E-state index is 4.42. The Bertz CT molecular complexity index is 341. The van der Waals surface area contributed by atoms with E-state index < -0.39 is 0 Å². The van der Waals surface area contributed by atoms with Crippen molar-refractivity contribution in [2.75, 3.05) is 35.7 Å². The molecule has 0 bridgehead atoms. The molecule has 1 heterocycles. The third-order valence-corrected chi connectivity index (χ3v) is 2.81. The van der Waals surface area contributed by atoms with E-state index in [2.05, 4.69) is 33.8 Å². The second kappa shape index (κ2) is 6.58. The third-order valence-electron chi connectivity index (χ3n) is 2.20. The fourth-order valence-electron chi connectivity index (χ4n) is 1.41. The molecule has 90 valence electrons. The summed E-state index contributed by atoms with van der Waals surface area (Å²) in [6.07, 6.45) is 2.10. The number of nitrogens with one attached hydrogen (secondary N) is 2. The minimum absolute atomic E-state index is 0.799. The van der Waals surface area contributed by atoms with Crippen molar-refractivity contribution >= 4 is 23.4 Å². The van der Waals surface area contributed by atoms with Gasteiger partial charge in [-0.15, -0.1) is 0 Å². The Labute approximate surface area is 102 Å². The van der Waals surface area contributed by atoms with Crippen LogP contribution in [0.2, 0.25) is 0 Å². The highest BCUT2D eigenvalue weighted by Crippen LogP contribution is 2.19. The molecule has 0 radical (unpaired) electrons. The summed E-state index contributed by atoms with van der Waals surface area (Å²) in [6, 6.07) is 0. The molecule has 5 heteroatoms. The maximum absolute atomic E-state index is 4.42. The highest BCUT2D eigenvalue weighted by atomic mass is 32.2. The molecule has 1 aromatic heterocycles. The molecule has 1 rings (SSSR count). The minimum Gasteiger partial charge on any atom is -0.370 e. The van der Waals surface area contributed by atoms with E-state index >= 15 is 0 Å². The van der Waals surface area contributed by atoms with E-state index in [4.69, 9.17) is 0 Å². The van der Waals surface area contributed by atoms with E-state index in [9.17, 15) is 0 Å². The van der Waals surface area contributed by atoms with Gasteiger partial charge in [-0.1, -0.05) is 0 Å². The van der Waals surface area contributed by atoms with E-state index in [0.717, 1.165) is 41.9 Å². The van der Waals surface area contributed by atoms with Crippen molar-refractivity contribution in [1.29, 1.82) is 0 Å². The lowest BCUT2D eigenvalue weighted by molar-refractivity contribution is 1.00. The van der Waals surface area contributed by atoms with Gasteiger partial charge in [0.15, 0.2) is 0 Å². The van der Waals surface area contributed by atoms with Gasteiger partial charge in [0.25, 0.3) is 0 Å². The van der Waals surface area contributed by atoms with Crippen molar-refractivity contribution < 1.29 is 0 Å². The lowest BCUT2D eigenvalue weighted by Crippen LogP contribution is -2.11. The van der Waals surface area contributed by atoms with Crippen LogP contribution in [-0.4, -0.2) is 35.1 Å². The molecule has 16 heavy (non-hydrogen) atoms. The van der Waals surface area contributed by atoms with Crippen LogP contribution in [0.1, 0.15) is 18.3 Å². The van der Waals surface area contributed by atoms with Crippen molar-refractivity contribution in [2.24, 2.45) is 0 Å². The monoisotopic (exact) mass is 240 g/mol. The maximum Gasteiger partial charge on any atom is 0.134 e. The van der Waals surface area contributed by atoms with E-state index in [-0.39, 0.29) is 0 Å². The molecule has 0 aliphatic rings. The first-order valence-corrected chi connectivity index (χ1v) is 6.90. The Balaban J connectivity index is 2.81. The third kappa shape index (κ3) is 3.56. The molecule has 0 saturated carbocycles. The Kier molecular flexibility index (Phi) is 5.38. The number of aryl methyl sites for hydroxylation is 1. The molecular formula is C11H20N4S. The summed E-state index contributed by atoms with van der Waals surface area (Å²) < 4.78 is 0. The zero-order valence-electron chi connectivity index (χ0n) is 10.4. The van der Waals surface area contributed by atoms with Crippen LogP contribution >= 0.6 is 11.8 Å². The lowest BCUT2D eigenvalue weighted by atomic mass is 10.3. The quantitative estimate of drug-likeness (QED) is 0.747. The first-order valence-electron chi connectivity index (χ1n) is 5.51. The topological polar surface area (TPSA) is 49.8 Å². The smallest absolute Gasteiger partial charge is 0.134 e. The number of hydrogen-bond donors (Lipinski definition) is 2. The van der Waals surface area contributed by atoms with Crippen LogP contribution in [0.3, 0.4) is 0 Å². The summed E-state index contributed by atoms with van der Waals surface area (Å²) in [5.41, 5.74) is 1.09. The van der Waals surface area contributed by atoms with Gasteiger partial charge >= 0.3 is 0 Å². The predicted octanol–water partition coefficient (Wildman–Crippen LogP) is 2.30. The standard InChI is InChI=1S/C11H20N4S/c1-5-12-10-8(2)11(13-6-7-16-4)15-9(3)14-10/h5-7H2,1-4H3,(H2,12,13,14,15). The molecule has 0 atom stereocenters. The predicted molar refractivity (Wildman–Crippen MR) is 72.5 cm³/mol. The van der Waals surface area contributed by atoms with Crippen LogP contribution in [0.25, 0.3) is 0 Å². The highest BCUT2D eigenvalue weighted by molar-refractivity contribution is 7.98. The summed E-state index contributed by atoms with van der Waals surface area (Å²) in [5, 5.41) is 6.59. The Hall–Kier alpha value is -0.970. The molecule has 1 aromatic rings. The van der Waals surface area contributed by atoms with Crippen molar-refractivity contribution in [3.05, 3.63) is 11.4 Å². The van der Waals surface area contributed by atoms with E-state index in [1.165, 1.54) is 0 Å². The summed E-state index contributed by atoms with van der Waals surface area (Å²) in [6.45, 7) is 7.84. The highest BCUT2D eigenvalue weighted by Gasteiger charge is 2.07. The first-order chi connectivity index (χ1) is 7.69. The number of rotatable bonds is 6. The number of aromatic nitrogens is 2. The van der Waals surface area contributed by atoms with Crippen LogP contribution in [0, 0.1) is 13.8 Å². The minimum atomic E-state index is 0.799. The average Bonchev–Trinajstić information content (AvgIpc) is 2.25. The van der Waals surface area contributed by atoms with Gasteiger partial charge in [0.05, 0.1) is 0 Å². The molecular weight excluding hydrogens is 220 g/mol. The largest absolute Gasteiger partial charge is 0.370 e. The van der Waals surface area contributed by atoms with Gasteiger partial charge in [-0.05, 0) is 27.0 Å². The molecule has 0 aliphatic heterocycles. The zero-order valence-corrected chi connectivity index (χ0v) is 11.2. The van der Waals surface area contributed by atoms with Gasteiger partial charge < -0.3 is 10.6 Å². The summed E-state index contributed by atoms with van der Waals surface area (Å²) in [7, 11) is 0. The Morgan fingerprint density at radius 1 is 1.12 bits per heavy atom. The van der Waals surface area contributed by atoms with E-state index in [0.29, 0.717) is 0 Å². The number of nitrogens with zero attached hydrogens (tertiary/aromatic N) is 2. The average molecular weight is 240 g/mol. The van der Waals surface area contributed by atoms with Gasteiger partial charge in [0, 0.05) is 24.4 Å². The molecule has 0 unspecified atom stereocenters. The van der Waals surface area contributed by atoms with Crippen LogP contribution in [-0.2, 0) is 0 Å². The van der Waals surface area contributed by atoms with Gasteiger partial charge in [-0.2, -0.15) is 11.8 Å². The molecule has 0 aliphatic carbocycles.